The first-order valence-corrected chi connectivity index (χ1v) is 4.19. The standard InChI is InChI=1S/C10H16/c1-3-9(2)10-7-5-4-6-8-10/h5,7,10H,2-4,6,8H2,1H3. The van der Waals surface area contributed by atoms with Crippen molar-refractivity contribution >= 4 is 0 Å². The molecule has 0 amide bonds. The van der Waals surface area contributed by atoms with Gasteiger partial charge in [-0.1, -0.05) is 31.2 Å². The number of rotatable bonds is 2. The van der Waals surface area contributed by atoms with Crippen LogP contribution in [0.5, 0.6) is 0 Å². The van der Waals surface area contributed by atoms with E-state index in [2.05, 4.69) is 25.7 Å². The molecule has 1 unspecified atom stereocenters. The maximum absolute atomic E-state index is 4.05. The molecule has 0 heteroatoms. The molecule has 0 aliphatic heterocycles. The van der Waals surface area contributed by atoms with Crippen LogP contribution in [0, 0.1) is 5.92 Å². The molecule has 0 aromatic heterocycles. The predicted molar refractivity (Wildman–Crippen MR) is 45.9 cm³/mol. The van der Waals surface area contributed by atoms with Gasteiger partial charge in [-0.15, -0.1) is 0 Å². The zero-order valence-electron chi connectivity index (χ0n) is 6.77. The molecule has 1 atom stereocenters. The van der Waals surface area contributed by atoms with Gasteiger partial charge in [0.2, 0.25) is 0 Å². The summed E-state index contributed by atoms with van der Waals surface area (Å²) < 4.78 is 0. The summed E-state index contributed by atoms with van der Waals surface area (Å²) in [5, 5.41) is 0. The van der Waals surface area contributed by atoms with Crippen LogP contribution >= 0.6 is 0 Å². The van der Waals surface area contributed by atoms with Gasteiger partial charge in [-0.2, -0.15) is 0 Å². The van der Waals surface area contributed by atoms with Crippen molar-refractivity contribution in [2.24, 2.45) is 5.92 Å². The molecule has 0 heterocycles. The van der Waals surface area contributed by atoms with Gasteiger partial charge in [0.25, 0.3) is 0 Å². The maximum Gasteiger partial charge on any atom is -0.00260 e. The molecule has 56 valence electrons. The molecular formula is C10H16. The zero-order valence-corrected chi connectivity index (χ0v) is 6.77. The fourth-order valence-corrected chi connectivity index (χ4v) is 1.41. The van der Waals surface area contributed by atoms with E-state index >= 15 is 0 Å². The fourth-order valence-electron chi connectivity index (χ4n) is 1.41. The van der Waals surface area contributed by atoms with Crippen molar-refractivity contribution in [1.82, 2.24) is 0 Å². The third kappa shape index (κ3) is 1.73. The van der Waals surface area contributed by atoms with Gasteiger partial charge in [0.1, 0.15) is 0 Å². The number of hydrogen-bond acceptors (Lipinski definition) is 0. The topological polar surface area (TPSA) is 0 Å². The fraction of sp³-hybridized carbons (Fsp3) is 0.600. The third-order valence-electron chi connectivity index (χ3n) is 2.23. The molecule has 1 aliphatic rings. The summed E-state index contributed by atoms with van der Waals surface area (Å²) in [6, 6.07) is 0. The minimum Gasteiger partial charge on any atom is -0.0993 e. The van der Waals surface area contributed by atoms with Gasteiger partial charge in [-0.3, -0.25) is 0 Å². The van der Waals surface area contributed by atoms with Crippen molar-refractivity contribution in [3.05, 3.63) is 24.3 Å². The summed E-state index contributed by atoms with van der Waals surface area (Å²) in [6.07, 6.45) is 9.68. The molecular weight excluding hydrogens is 120 g/mol. The first-order chi connectivity index (χ1) is 4.84. The lowest BCUT2D eigenvalue weighted by atomic mass is 9.89. The van der Waals surface area contributed by atoms with Crippen LogP contribution in [-0.2, 0) is 0 Å². The number of allylic oxidation sites excluding steroid dienone is 3. The second-order valence-corrected chi connectivity index (χ2v) is 2.98. The summed E-state index contributed by atoms with van der Waals surface area (Å²) in [5.41, 5.74) is 1.40. The van der Waals surface area contributed by atoms with E-state index in [-0.39, 0.29) is 0 Å². The van der Waals surface area contributed by atoms with E-state index in [1.165, 1.54) is 24.8 Å². The molecule has 1 aliphatic carbocycles. The lowest BCUT2D eigenvalue weighted by molar-refractivity contribution is 0.594. The van der Waals surface area contributed by atoms with E-state index in [0.29, 0.717) is 5.92 Å². The quantitative estimate of drug-likeness (QED) is 0.511. The monoisotopic (exact) mass is 136 g/mol. The first kappa shape index (κ1) is 7.59. The first-order valence-electron chi connectivity index (χ1n) is 4.19. The van der Waals surface area contributed by atoms with E-state index in [1.807, 2.05) is 0 Å². The van der Waals surface area contributed by atoms with Crippen molar-refractivity contribution in [3.63, 3.8) is 0 Å². The molecule has 0 aromatic rings. The Morgan fingerprint density at radius 2 is 2.50 bits per heavy atom. The minimum absolute atomic E-state index is 0.693. The molecule has 0 fully saturated rings. The Morgan fingerprint density at radius 1 is 1.70 bits per heavy atom. The second kappa shape index (κ2) is 3.60. The van der Waals surface area contributed by atoms with E-state index in [0.717, 1.165) is 6.42 Å². The van der Waals surface area contributed by atoms with E-state index in [9.17, 15) is 0 Å². The minimum atomic E-state index is 0.693. The molecule has 0 nitrogen and oxygen atoms in total. The van der Waals surface area contributed by atoms with Crippen molar-refractivity contribution in [1.29, 1.82) is 0 Å². The van der Waals surface area contributed by atoms with Crippen molar-refractivity contribution in [2.75, 3.05) is 0 Å². The van der Waals surface area contributed by atoms with Crippen LogP contribution in [0.25, 0.3) is 0 Å². The van der Waals surface area contributed by atoms with Crippen LogP contribution in [0.2, 0.25) is 0 Å². The molecule has 0 saturated heterocycles. The van der Waals surface area contributed by atoms with Gasteiger partial charge < -0.3 is 0 Å². The normalized spacial score (nSPS) is 24.7. The van der Waals surface area contributed by atoms with Crippen molar-refractivity contribution in [2.45, 2.75) is 32.6 Å². The average molecular weight is 136 g/mol. The zero-order chi connectivity index (χ0) is 7.40. The summed E-state index contributed by atoms with van der Waals surface area (Å²) >= 11 is 0. The average Bonchev–Trinajstić information content (AvgIpc) is 2.05. The van der Waals surface area contributed by atoms with Crippen molar-refractivity contribution < 1.29 is 0 Å². The molecule has 0 aromatic carbocycles. The van der Waals surface area contributed by atoms with Crippen LogP contribution < -0.4 is 0 Å². The highest BCUT2D eigenvalue weighted by Crippen LogP contribution is 2.24. The summed E-state index contributed by atoms with van der Waals surface area (Å²) in [7, 11) is 0. The Hall–Kier alpha value is -0.520. The summed E-state index contributed by atoms with van der Waals surface area (Å²) in [5.74, 6) is 0.693. The van der Waals surface area contributed by atoms with Gasteiger partial charge in [-0.25, -0.2) is 0 Å². The summed E-state index contributed by atoms with van der Waals surface area (Å²) in [4.78, 5) is 0. The largest absolute Gasteiger partial charge is 0.0993 e. The molecule has 10 heavy (non-hydrogen) atoms. The smallest absolute Gasteiger partial charge is 0.00260 e. The molecule has 1 rings (SSSR count). The maximum atomic E-state index is 4.05. The van der Waals surface area contributed by atoms with Gasteiger partial charge in [0, 0.05) is 0 Å². The lowest BCUT2D eigenvalue weighted by Crippen LogP contribution is -2.02. The van der Waals surface area contributed by atoms with Gasteiger partial charge in [0.05, 0.1) is 0 Å². The van der Waals surface area contributed by atoms with Crippen LogP contribution in [0.15, 0.2) is 24.3 Å². The van der Waals surface area contributed by atoms with E-state index < -0.39 is 0 Å². The van der Waals surface area contributed by atoms with Crippen LogP contribution in [0.4, 0.5) is 0 Å². The second-order valence-electron chi connectivity index (χ2n) is 2.98. The Labute approximate surface area is 63.6 Å². The molecule has 0 spiro atoms. The van der Waals surface area contributed by atoms with Gasteiger partial charge in [0.15, 0.2) is 0 Å². The van der Waals surface area contributed by atoms with Crippen LogP contribution in [0.1, 0.15) is 32.6 Å². The van der Waals surface area contributed by atoms with Gasteiger partial charge >= 0.3 is 0 Å². The van der Waals surface area contributed by atoms with E-state index in [4.69, 9.17) is 0 Å². The Bertz CT molecular complexity index is 142. The third-order valence-corrected chi connectivity index (χ3v) is 2.23. The van der Waals surface area contributed by atoms with E-state index in [1.54, 1.807) is 0 Å². The molecule has 0 radical (unpaired) electrons. The molecule has 0 N–H and O–H groups in total. The van der Waals surface area contributed by atoms with Crippen LogP contribution in [0.3, 0.4) is 0 Å². The Kier molecular flexibility index (Phi) is 2.73. The highest BCUT2D eigenvalue weighted by Gasteiger charge is 2.09. The predicted octanol–water partition coefficient (Wildman–Crippen LogP) is 3.31. The molecule has 0 saturated carbocycles. The Balaban J connectivity index is 2.46. The summed E-state index contributed by atoms with van der Waals surface area (Å²) in [6.45, 7) is 6.23. The lowest BCUT2D eigenvalue weighted by Gasteiger charge is -2.17. The van der Waals surface area contributed by atoms with Gasteiger partial charge in [-0.05, 0) is 31.6 Å². The number of hydrogen-bond donors (Lipinski definition) is 0. The highest BCUT2D eigenvalue weighted by molar-refractivity contribution is 5.10. The highest BCUT2D eigenvalue weighted by atomic mass is 14.1. The molecule has 0 bridgehead atoms. The van der Waals surface area contributed by atoms with Crippen molar-refractivity contribution in [3.8, 4) is 0 Å². The van der Waals surface area contributed by atoms with Crippen LogP contribution in [-0.4, -0.2) is 0 Å². The Morgan fingerprint density at radius 3 is 3.00 bits per heavy atom. The SMILES string of the molecule is C=C(CC)C1C=CCCC1.